The van der Waals surface area contributed by atoms with Crippen molar-refractivity contribution in [1.29, 1.82) is 0 Å². The summed E-state index contributed by atoms with van der Waals surface area (Å²) in [5, 5.41) is 9.73. The minimum Gasteiger partial charge on any atom is -0.506 e. The zero-order valence-corrected chi connectivity index (χ0v) is 10.5. The zero-order chi connectivity index (χ0) is 11.7. The van der Waals surface area contributed by atoms with Gasteiger partial charge < -0.3 is 9.51 Å². The highest BCUT2D eigenvalue weighted by atomic mass is 32.2. The van der Waals surface area contributed by atoms with Crippen molar-refractivity contribution in [3.8, 4) is 5.75 Å². The third-order valence-corrected chi connectivity index (χ3v) is 4.49. The SMILES string of the molecule is Oc1cccn2c(CC3CCSCC3)ncc12. The van der Waals surface area contributed by atoms with Crippen molar-refractivity contribution in [3.05, 3.63) is 30.4 Å². The smallest absolute Gasteiger partial charge is 0.141 e. The van der Waals surface area contributed by atoms with E-state index in [9.17, 15) is 5.11 Å². The highest BCUT2D eigenvalue weighted by Crippen LogP contribution is 2.27. The molecule has 1 saturated heterocycles. The topological polar surface area (TPSA) is 37.5 Å². The van der Waals surface area contributed by atoms with Crippen LogP contribution in [0.1, 0.15) is 18.7 Å². The summed E-state index contributed by atoms with van der Waals surface area (Å²) in [5.41, 5.74) is 0.813. The van der Waals surface area contributed by atoms with E-state index in [1.165, 1.54) is 24.3 Å². The fraction of sp³-hybridized carbons (Fsp3) is 0.462. The van der Waals surface area contributed by atoms with Gasteiger partial charge in [0.15, 0.2) is 0 Å². The second-order valence-corrected chi connectivity index (χ2v) is 5.81. The van der Waals surface area contributed by atoms with E-state index in [-0.39, 0.29) is 0 Å². The summed E-state index contributed by atoms with van der Waals surface area (Å²) in [6.07, 6.45) is 7.35. The fourth-order valence-corrected chi connectivity index (χ4v) is 3.62. The average Bonchev–Trinajstić information content (AvgIpc) is 2.76. The van der Waals surface area contributed by atoms with E-state index in [4.69, 9.17) is 0 Å². The van der Waals surface area contributed by atoms with Gasteiger partial charge in [0.25, 0.3) is 0 Å². The first-order chi connectivity index (χ1) is 8.34. The van der Waals surface area contributed by atoms with E-state index < -0.39 is 0 Å². The minimum absolute atomic E-state index is 0.311. The summed E-state index contributed by atoms with van der Waals surface area (Å²) in [4.78, 5) is 4.45. The van der Waals surface area contributed by atoms with Crippen molar-refractivity contribution in [2.45, 2.75) is 19.3 Å². The van der Waals surface area contributed by atoms with E-state index in [0.717, 1.165) is 23.7 Å². The van der Waals surface area contributed by atoms with Crippen molar-refractivity contribution in [3.63, 3.8) is 0 Å². The molecule has 0 aromatic carbocycles. The molecule has 2 aromatic rings. The number of fused-ring (bicyclic) bond motifs is 1. The van der Waals surface area contributed by atoms with E-state index >= 15 is 0 Å². The molecule has 90 valence electrons. The molecule has 1 fully saturated rings. The van der Waals surface area contributed by atoms with Gasteiger partial charge in [-0.3, -0.25) is 0 Å². The van der Waals surface area contributed by atoms with Gasteiger partial charge in [0.05, 0.1) is 6.20 Å². The Morgan fingerprint density at radius 3 is 3.06 bits per heavy atom. The maximum Gasteiger partial charge on any atom is 0.141 e. The lowest BCUT2D eigenvalue weighted by molar-refractivity contribution is 0.471. The van der Waals surface area contributed by atoms with Crippen LogP contribution in [0.2, 0.25) is 0 Å². The van der Waals surface area contributed by atoms with Crippen LogP contribution >= 0.6 is 11.8 Å². The zero-order valence-electron chi connectivity index (χ0n) is 9.67. The number of aromatic nitrogens is 2. The van der Waals surface area contributed by atoms with Gasteiger partial charge in [-0.15, -0.1) is 0 Å². The van der Waals surface area contributed by atoms with Crippen molar-refractivity contribution in [2.24, 2.45) is 5.92 Å². The number of thioether (sulfide) groups is 1. The van der Waals surface area contributed by atoms with Gasteiger partial charge in [0.1, 0.15) is 17.1 Å². The molecular formula is C13H16N2OS. The van der Waals surface area contributed by atoms with Crippen LogP contribution in [0.15, 0.2) is 24.5 Å². The van der Waals surface area contributed by atoms with Gasteiger partial charge >= 0.3 is 0 Å². The largest absolute Gasteiger partial charge is 0.506 e. The number of nitrogens with zero attached hydrogens (tertiary/aromatic N) is 2. The van der Waals surface area contributed by atoms with Crippen LogP contribution in [0, 0.1) is 5.92 Å². The number of imidazole rings is 1. The van der Waals surface area contributed by atoms with E-state index in [2.05, 4.69) is 16.7 Å². The lowest BCUT2D eigenvalue weighted by Crippen LogP contribution is -2.13. The van der Waals surface area contributed by atoms with Gasteiger partial charge in [-0.25, -0.2) is 4.98 Å². The Hall–Kier alpha value is -1.16. The predicted octanol–water partition coefficient (Wildman–Crippen LogP) is 2.73. The molecule has 1 aliphatic heterocycles. The Morgan fingerprint density at radius 1 is 1.41 bits per heavy atom. The monoisotopic (exact) mass is 248 g/mol. The molecule has 0 spiro atoms. The molecule has 0 atom stereocenters. The number of hydrogen-bond acceptors (Lipinski definition) is 3. The molecule has 2 aromatic heterocycles. The standard InChI is InChI=1S/C13H16N2OS/c16-12-2-1-5-15-11(12)9-14-13(15)8-10-3-6-17-7-4-10/h1-2,5,9-10,16H,3-4,6-8H2. The van der Waals surface area contributed by atoms with Crippen LogP contribution in [0.25, 0.3) is 5.52 Å². The maximum absolute atomic E-state index is 9.73. The molecule has 0 saturated carbocycles. The average molecular weight is 248 g/mol. The molecule has 1 N–H and O–H groups in total. The Labute approximate surface area is 105 Å². The molecule has 0 radical (unpaired) electrons. The van der Waals surface area contributed by atoms with Crippen LogP contribution in [0.4, 0.5) is 0 Å². The van der Waals surface area contributed by atoms with Crippen LogP contribution in [0.3, 0.4) is 0 Å². The van der Waals surface area contributed by atoms with Crippen molar-refractivity contribution in [1.82, 2.24) is 9.38 Å². The molecular weight excluding hydrogens is 232 g/mol. The Kier molecular flexibility index (Phi) is 2.97. The van der Waals surface area contributed by atoms with Crippen LogP contribution < -0.4 is 0 Å². The molecule has 17 heavy (non-hydrogen) atoms. The van der Waals surface area contributed by atoms with E-state index in [1.54, 1.807) is 12.3 Å². The number of aromatic hydroxyl groups is 1. The normalized spacial score (nSPS) is 17.6. The first kappa shape index (κ1) is 11.0. The molecule has 0 unspecified atom stereocenters. The van der Waals surface area contributed by atoms with Crippen LogP contribution in [-0.4, -0.2) is 26.0 Å². The van der Waals surface area contributed by atoms with Gasteiger partial charge in [0.2, 0.25) is 0 Å². The first-order valence-electron chi connectivity index (χ1n) is 6.06. The lowest BCUT2D eigenvalue weighted by Gasteiger charge is -2.20. The number of rotatable bonds is 2. The predicted molar refractivity (Wildman–Crippen MR) is 70.6 cm³/mol. The Balaban J connectivity index is 1.87. The quantitative estimate of drug-likeness (QED) is 0.888. The summed E-state index contributed by atoms with van der Waals surface area (Å²) in [5.74, 6) is 4.70. The molecule has 3 heterocycles. The minimum atomic E-state index is 0.311. The molecule has 4 heteroatoms. The second kappa shape index (κ2) is 4.61. The molecule has 3 rings (SSSR count). The summed E-state index contributed by atoms with van der Waals surface area (Å²) >= 11 is 2.05. The van der Waals surface area contributed by atoms with Gasteiger partial charge in [0, 0.05) is 12.6 Å². The third kappa shape index (κ3) is 2.14. The van der Waals surface area contributed by atoms with Gasteiger partial charge in [-0.1, -0.05) is 0 Å². The van der Waals surface area contributed by atoms with Gasteiger partial charge in [-0.2, -0.15) is 11.8 Å². The summed E-state index contributed by atoms with van der Waals surface area (Å²) < 4.78 is 2.01. The number of pyridine rings is 1. The van der Waals surface area contributed by atoms with Crippen LogP contribution in [0.5, 0.6) is 5.75 Å². The van der Waals surface area contributed by atoms with Crippen molar-refractivity contribution >= 4 is 17.3 Å². The summed E-state index contributed by atoms with van der Waals surface area (Å²) in [6, 6.07) is 3.57. The van der Waals surface area contributed by atoms with Crippen molar-refractivity contribution < 1.29 is 5.11 Å². The van der Waals surface area contributed by atoms with Crippen molar-refractivity contribution in [2.75, 3.05) is 11.5 Å². The highest BCUT2D eigenvalue weighted by molar-refractivity contribution is 7.99. The highest BCUT2D eigenvalue weighted by Gasteiger charge is 2.17. The van der Waals surface area contributed by atoms with Crippen LogP contribution in [-0.2, 0) is 6.42 Å². The maximum atomic E-state index is 9.73. The summed E-state index contributed by atoms with van der Waals surface area (Å²) in [7, 11) is 0. The number of hydrogen-bond donors (Lipinski definition) is 1. The Bertz CT molecular complexity index is 517. The fourth-order valence-electron chi connectivity index (χ4n) is 2.42. The summed E-state index contributed by atoms with van der Waals surface area (Å²) in [6.45, 7) is 0. The molecule has 0 amide bonds. The van der Waals surface area contributed by atoms with E-state index in [0.29, 0.717) is 5.75 Å². The molecule has 0 bridgehead atoms. The Morgan fingerprint density at radius 2 is 2.24 bits per heavy atom. The van der Waals surface area contributed by atoms with E-state index in [1.807, 2.05) is 16.7 Å². The first-order valence-corrected chi connectivity index (χ1v) is 7.22. The third-order valence-electron chi connectivity index (χ3n) is 3.44. The molecule has 0 aliphatic carbocycles. The lowest BCUT2D eigenvalue weighted by atomic mass is 9.98. The molecule has 1 aliphatic rings. The van der Waals surface area contributed by atoms with Gasteiger partial charge in [-0.05, 0) is 42.4 Å². The molecule has 3 nitrogen and oxygen atoms in total. The second-order valence-electron chi connectivity index (χ2n) is 4.58.